The first-order valence-electron chi connectivity index (χ1n) is 10.7. The second kappa shape index (κ2) is 8.74. The Kier molecular flexibility index (Phi) is 5.47. The van der Waals surface area contributed by atoms with Crippen LogP contribution in [0, 0.1) is 12.7 Å². The lowest BCUT2D eigenvalue weighted by Crippen LogP contribution is -2.30. The second-order valence-electron chi connectivity index (χ2n) is 7.84. The number of rotatable bonds is 3. The average Bonchev–Trinajstić information content (AvgIpc) is 3.02. The molecule has 2 aromatic heterocycles. The van der Waals surface area contributed by atoms with Crippen LogP contribution in [0.25, 0.3) is 0 Å². The van der Waals surface area contributed by atoms with E-state index >= 15 is 0 Å². The van der Waals surface area contributed by atoms with Crippen LogP contribution in [0.3, 0.4) is 0 Å². The number of hydrogen-bond acceptors (Lipinski definition) is 5. The van der Waals surface area contributed by atoms with Crippen molar-refractivity contribution in [2.45, 2.75) is 13.5 Å². The molecule has 2 amide bonds. The Morgan fingerprint density at radius 2 is 1.85 bits per heavy atom. The fourth-order valence-corrected chi connectivity index (χ4v) is 3.84. The molecule has 0 radical (unpaired) electrons. The van der Waals surface area contributed by atoms with E-state index < -0.39 is 11.7 Å². The van der Waals surface area contributed by atoms with E-state index in [1.807, 2.05) is 36.4 Å². The van der Waals surface area contributed by atoms with Crippen molar-refractivity contribution < 1.29 is 14.0 Å². The summed E-state index contributed by atoms with van der Waals surface area (Å²) in [5.41, 5.74) is 3.23. The Hall–Kier alpha value is -4.59. The largest absolute Gasteiger partial charge is 0.338 e. The predicted molar refractivity (Wildman–Crippen MR) is 128 cm³/mol. The van der Waals surface area contributed by atoms with Gasteiger partial charge in [0.05, 0.1) is 23.5 Å². The van der Waals surface area contributed by atoms with Crippen molar-refractivity contribution in [1.82, 2.24) is 9.97 Å². The van der Waals surface area contributed by atoms with Crippen molar-refractivity contribution in [3.8, 4) is 0 Å². The summed E-state index contributed by atoms with van der Waals surface area (Å²) in [6.45, 7) is 1.88. The van der Waals surface area contributed by atoms with Gasteiger partial charge in [-0.1, -0.05) is 24.3 Å². The van der Waals surface area contributed by atoms with E-state index in [1.54, 1.807) is 36.2 Å². The minimum Gasteiger partial charge on any atom is -0.338 e. The zero-order valence-electron chi connectivity index (χ0n) is 18.2. The number of nitrogens with zero attached hydrogens (tertiary/aromatic N) is 3. The summed E-state index contributed by atoms with van der Waals surface area (Å²) >= 11 is 0. The van der Waals surface area contributed by atoms with Gasteiger partial charge in [0.2, 0.25) is 0 Å². The zero-order valence-corrected chi connectivity index (χ0v) is 18.2. The number of halogens is 1. The molecule has 1 aliphatic rings. The van der Waals surface area contributed by atoms with Crippen LogP contribution in [0.1, 0.15) is 31.8 Å². The number of amides is 2. The number of carbonyl (C=O) groups is 2. The van der Waals surface area contributed by atoms with Gasteiger partial charge in [-0.15, -0.1) is 0 Å². The maximum Gasteiger partial charge on any atom is 0.260 e. The molecule has 8 heteroatoms. The molecule has 0 unspecified atom stereocenters. The highest BCUT2D eigenvalue weighted by atomic mass is 19.1. The van der Waals surface area contributed by atoms with Gasteiger partial charge in [0.1, 0.15) is 17.5 Å². The van der Waals surface area contributed by atoms with Crippen LogP contribution < -0.4 is 15.5 Å². The summed E-state index contributed by atoms with van der Waals surface area (Å²) in [6, 6.07) is 18.8. The number of nitrogens with one attached hydrogen (secondary N) is 2. The SMILES string of the molecule is Cc1c(F)cccc1C(=O)Nc1ccc(C(=O)N2Cc3cccnc3Nc3ccccc32)cn1. The summed E-state index contributed by atoms with van der Waals surface area (Å²) < 4.78 is 13.8. The minimum absolute atomic E-state index is 0.225. The predicted octanol–water partition coefficient (Wildman–Crippen LogP) is 5.08. The third-order valence-corrected chi connectivity index (χ3v) is 5.68. The molecule has 168 valence electrons. The lowest BCUT2D eigenvalue weighted by atomic mass is 10.1. The van der Waals surface area contributed by atoms with Crippen LogP contribution >= 0.6 is 0 Å². The van der Waals surface area contributed by atoms with Crippen LogP contribution in [0.5, 0.6) is 0 Å². The molecule has 0 aliphatic carbocycles. The fourth-order valence-electron chi connectivity index (χ4n) is 3.84. The maximum absolute atomic E-state index is 13.8. The van der Waals surface area contributed by atoms with Crippen LogP contribution in [0.15, 0.2) is 79.1 Å². The third kappa shape index (κ3) is 3.97. The summed E-state index contributed by atoms with van der Waals surface area (Å²) in [7, 11) is 0. The van der Waals surface area contributed by atoms with Gasteiger partial charge in [0, 0.05) is 23.5 Å². The van der Waals surface area contributed by atoms with Gasteiger partial charge in [-0.2, -0.15) is 0 Å². The first-order valence-corrected chi connectivity index (χ1v) is 10.7. The second-order valence-corrected chi connectivity index (χ2v) is 7.84. The van der Waals surface area contributed by atoms with E-state index in [0.29, 0.717) is 17.9 Å². The van der Waals surface area contributed by atoms with E-state index in [-0.39, 0.29) is 22.9 Å². The Bertz CT molecular complexity index is 1400. The van der Waals surface area contributed by atoms with Gasteiger partial charge in [-0.3, -0.25) is 9.59 Å². The summed E-state index contributed by atoms with van der Waals surface area (Å²) in [5, 5.41) is 5.95. The van der Waals surface area contributed by atoms with Gasteiger partial charge >= 0.3 is 0 Å². The van der Waals surface area contributed by atoms with Gasteiger partial charge in [-0.25, -0.2) is 14.4 Å². The molecule has 2 N–H and O–H groups in total. The van der Waals surface area contributed by atoms with E-state index in [2.05, 4.69) is 20.6 Å². The molecule has 0 fully saturated rings. The lowest BCUT2D eigenvalue weighted by molar-refractivity contribution is 0.0984. The molecule has 4 aromatic rings. The van der Waals surface area contributed by atoms with E-state index in [1.165, 1.54) is 18.3 Å². The minimum atomic E-state index is -0.472. The van der Waals surface area contributed by atoms with Crippen LogP contribution in [-0.4, -0.2) is 21.8 Å². The third-order valence-electron chi connectivity index (χ3n) is 5.68. The van der Waals surface area contributed by atoms with Crippen molar-refractivity contribution in [2.24, 2.45) is 0 Å². The first kappa shape index (κ1) is 21.3. The summed E-state index contributed by atoms with van der Waals surface area (Å²) in [5.74, 6) is -0.199. The number of hydrogen-bond donors (Lipinski definition) is 2. The van der Waals surface area contributed by atoms with E-state index in [0.717, 1.165) is 16.9 Å². The van der Waals surface area contributed by atoms with Crippen LogP contribution in [0.4, 0.5) is 27.4 Å². The Morgan fingerprint density at radius 3 is 2.68 bits per heavy atom. The van der Waals surface area contributed by atoms with E-state index in [4.69, 9.17) is 0 Å². The fraction of sp³-hybridized carbons (Fsp3) is 0.0769. The van der Waals surface area contributed by atoms with Gasteiger partial charge in [-0.05, 0) is 55.0 Å². The molecule has 3 heterocycles. The van der Waals surface area contributed by atoms with Crippen LogP contribution in [-0.2, 0) is 6.54 Å². The number of pyridine rings is 2. The molecule has 0 spiro atoms. The molecular formula is C26H20FN5O2. The van der Waals surface area contributed by atoms with Crippen molar-refractivity contribution >= 4 is 34.8 Å². The molecule has 7 nitrogen and oxygen atoms in total. The van der Waals surface area contributed by atoms with Crippen molar-refractivity contribution in [3.05, 3.63) is 107 Å². The monoisotopic (exact) mass is 453 g/mol. The quantitative estimate of drug-likeness (QED) is 0.452. The normalized spacial score (nSPS) is 12.1. The molecule has 5 rings (SSSR count). The Labute approximate surface area is 195 Å². The Morgan fingerprint density at radius 1 is 1.00 bits per heavy atom. The number of benzene rings is 2. The number of para-hydroxylation sites is 2. The summed E-state index contributed by atoms with van der Waals surface area (Å²) in [4.78, 5) is 36.3. The molecule has 0 atom stereocenters. The standard InChI is InChI=1S/C26H20FN5O2/c1-16-19(7-4-8-20(16)27)25(33)31-23-12-11-17(14-29-23)26(34)32-15-18-6-5-13-28-24(18)30-21-9-2-3-10-22(21)32/h2-14H,15H2,1H3,(H,28,30)(H,29,31,33). The highest BCUT2D eigenvalue weighted by molar-refractivity contribution is 6.09. The van der Waals surface area contributed by atoms with Gasteiger partial charge in [0.25, 0.3) is 11.8 Å². The molecule has 0 saturated carbocycles. The molecule has 34 heavy (non-hydrogen) atoms. The Balaban J connectivity index is 1.40. The van der Waals surface area contributed by atoms with Gasteiger partial charge in [0.15, 0.2) is 0 Å². The highest BCUT2D eigenvalue weighted by Gasteiger charge is 2.25. The van der Waals surface area contributed by atoms with Crippen molar-refractivity contribution in [3.63, 3.8) is 0 Å². The lowest BCUT2D eigenvalue weighted by Gasteiger charge is -2.22. The van der Waals surface area contributed by atoms with Gasteiger partial charge < -0.3 is 15.5 Å². The van der Waals surface area contributed by atoms with E-state index in [9.17, 15) is 14.0 Å². The number of fused-ring (bicyclic) bond motifs is 2. The topological polar surface area (TPSA) is 87.2 Å². The molecule has 1 aliphatic heterocycles. The number of anilines is 4. The average molecular weight is 453 g/mol. The first-order chi connectivity index (χ1) is 16.5. The maximum atomic E-state index is 13.8. The molecule has 0 saturated heterocycles. The highest BCUT2D eigenvalue weighted by Crippen LogP contribution is 2.35. The number of carbonyl (C=O) groups excluding carboxylic acids is 2. The molecular weight excluding hydrogens is 433 g/mol. The summed E-state index contributed by atoms with van der Waals surface area (Å²) in [6.07, 6.45) is 3.12. The smallest absolute Gasteiger partial charge is 0.260 e. The van der Waals surface area contributed by atoms with Crippen molar-refractivity contribution in [2.75, 3.05) is 15.5 Å². The van der Waals surface area contributed by atoms with Crippen molar-refractivity contribution in [1.29, 1.82) is 0 Å². The molecule has 2 aromatic carbocycles. The number of aromatic nitrogens is 2. The van der Waals surface area contributed by atoms with Crippen LogP contribution in [0.2, 0.25) is 0 Å². The zero-order chi connectivity index (χ0) is 23.7. The molecule has 0 bridgehead atoms.